The first-order valence-corrected chi connectivity index (χ1v) is 8.49. The van der Waals surface area contributed by atoms with E-state index in [2.05, 4.69) is 41.7 Å². The van der Waals surface area contributed by atoms with Crippen LogP contribution in [0.1, 0.15) is 33.6 Å². The summed E-state index contributed by atoms with van der Waals surface area (Å²) in [5.41, 5.74) is 17.0. The summed E-state index contributed by atoms with van der Waals surface area (Å²) < 4.78 is 0. The van der Waals surface area contributed by atoms with Crippen molar-refractivity contribution in [1.29, 1.82) is 0 Å². The van der Waals surface area contributed by atoms with Crippen molar-refractivity contribution in [2.75, 3.05) is 26.2 Å². The Labute approximate surface area is 159 Å². The maximum atomic E-state index is 10.7. The minimum absolute atomic E-state index is 0.0751. The number of nitrogens with one attached hydrogen (secondary N) is 4. The van der Waals surface area contributed by atoms with Crippen molar-refractivity contribution in [3.05, 3.63) is 0 Å². The molecular formula is C15H30N10O2. The number of carbonyl (C=O) groups is 2. The number of rotatable bonds is 11. The molecule has 0 aliphatic rings. The van der Waals surface area contributed by atoms with Crippen LogP contribution in [0.3, 0.4) is 0 Å². The highest BCUT2D eigenvalue weighted by atomic mass is 16.2. The largest absolute Gasteiger partial charge is 0.369 e. The number of nitrogens with zero attached hydrogens (tertiary/aromatic N) is 4. The normalized spacial score (nSPS) is 12.8. The summed E-state index contributed by atoms with van der Waals surface area (Å²) in [6.45, 7) is 6.66. The highest BCUT2D eigenvalue weighted by Gasteiger charge is 1.93. The number of hydrogen-bond acceptors (Lipinski definition) is 6. The lowest BCUT2D eigenvalue weighted by molar-refractivity contribution is -0.119. The molecule has 0 aliphatic heterocycles. The third kappa shape index (κ3) is 17.4. The molecule has 12 nitrogen and oxygen atoms in total. The topological polar surface area (TPSA) is 184 Å². The van der Waals surface area contributed by atoms with Crippen molar-refractivity contribution in [2.45, 2.75) is 33.6 Å². The number of hydrazone groups is 2. The van der Waals surface area contributed by atoms with E-state index < -0.39 is 0 Å². The average molecular weight is 382 g/mol. The summed E-state index contributed by atoms with van der Waals surface area (Å²) >= 11 is 0. The molecule has 0 spiro atoms. The molecule has 2 amide bonds. The van der Waals surface area contributed by atoms with Gasteiger partial charge in [0.15, 0.2) is 0 Å². The Bertz CT molecular complexity index is 583. The fraction of sp³-hybridized carbons (Fsp3) is 0.600. The molecule has 0 radical (unpaired) electrons. The van der Waals surface area contributed by atoms with Gasteiger partial charge in [-0.15, -0.1) is 0 Å². The van der Waals surface area contributed by atoms with Crippen molar-refractivity contribution >= 4 is 35.7 Å². The van der Waals surface area contributed by atoms with Gasteiger partial charge in [-0.1, -0.05) is 0 Å². The van der Waals surface area contributed by atoms with E-state index in [1.807, 2.05) is 0 Å². The lowest BCUT2D eigenvalue weighted by Crippen LogP contribution is -2.30. The van der Waals surface area contributed by atoms with E-state index in [0.717, 1.165) is 0 Å². The smallest absolute Gasteiger partial charge is 0.216 e. The minimum atomic E-state index is -0.0753. The minimum Gasteiger partial charge on any atom is -0.369 e. The van der Waals surface area contributed by atoms with Gasteiger partial charge in [-0.25, -0.2) is 10.9 Å². The average Bonchev–Trinajstić information content (AvgIpc) is 2.58. The fourth-order valence-electron chi connectivity index (χ4n) is 1.52. The molecule has 0 aromatic rings. The number of guanidine groups is 2. The first-order chi connectivity index (χ1) is 12.8. The van der Waals surface area contributed by atoms with Gasteiger partial charge in [0.2, 0.25) is 23.7 Å². The molecule has 0 rings (SSSR count). The van der Waals surface area contributed by atoms with Crippen LogP contribution in [0.5, 0.6) is 0 Å². The Morgan fingerprint density at radius 1 is 0.852 bits per heavy atom. The Morgan fingerprint density at radius 2 is 1.33 bits per heavy atom. The molecule has 0 heterocycles. The van der Waals surface area contributed by atoms with Crippen molar-refractivity contribution in [3.63, 3.8) is 0 Å². The van der Waals surface area contributed by atoms with Gasteiger partial charge >= 0.3 is 0 Å². The van der Waals surface area contributed by atoms with Crippen LogP contribution >= 0.6 is 0 Å². The molecule has 0 unspecified atom stereocenters. The van der Waals surface area contributed by atoms with Gasteiger partial charge in [0.05, 0.1) is 11.9 Å². The number of nitrogens with two attached hydrogens (primary N) is 2. The number of carbonyl (C=O) groups excluding carboxylic acids is 2. The summed E-state index contributed by atoms with van der Waals surface area (Å²) in [4.78, 5) is 29.5. The van der Waals surface area contributed by atoms with Crippen LogP contribution in [0, 0.1) is 0 Å². The van der Waals surface area contributed by atoms with E-state index in [-0.39, 0.29) is 23.7 Å². The quantitative estimate of drug-likeness (QED) is 0.106. The van der Waals surface area contributed by atoms with Crippen molar-refractivity contribution < 1.29 is 9.59 Å². The third-order valence-electron chi connectivity index (χ3n) is 2.76. The summed E-state index contributed by atoms with van der Waals surface area (Å²) in [6, 6.07) is 0. The molecule has 0 aromatic heterocycles. The Hall–Kier alpha value is -3.18. The van der Waals surface area contributed by atoms with Crippen LogP contribution in [0.2, 0.25) is 0 Å². The number of hydrogen-bond donors (Lipinski definition) is 6. The van der Waals surface area contributed by atoms with Crippen LogP contribution in [-0.2, 0) is 9.59 Å². The van der Waals surface area contributed by atoms with E-state index in [1.54, 1.807) is 6.92 Å². The summed E-state index contributed by atoms with van der Waals surface area (Å²) in [6.07, 6.45) is 2.80. The van der Waals surface area contributed by atoms with E-state index in [1.165, 1.54) is 20.1 Å². The van der Waals surface area contributed by atoms with Crippen LogP contribution in [0.25, 0.3) is 0 Å². The molecule has 152 valence electrons. The second-order valence-electron chi connectivity index (χ2n) is 5.44. The van der Waals surface area contributed by atoms with Crippen molar-refractivity contribution in [3.8, 4) is 0 Å². The van der Waals surface area contributed by atoms with Crippen LogP contribution < -0.4 is 33.0 Å². The SMILES string of the molecule is CC(=O)NCCCN=C(N)NN=CC(C)=NNC(N)=NCCCNC(C)=O. The molecule has 12 heteroatoms. The lowest BCUT2D eigenvalue weighted by Gasteiger charge is -2.02. The molecule has 0 aliphatic carbocycles. The standard InChI is InChI=1S/C15H30N10O2/c1-11(23-25-15(17)21-9-5-7-19-13(3)27)10-22-24-14(16)20-8-4-6-18-12(2)26/h10H,4-9H2,1-3H3,(H,18,26)(H,19,27)(H3,16,20,24)(H3,17,21,25). The first kappa shape index (κ1) is 23.8. The summed E-state index contributed by atoms with van der Waals surface area (Å²) in [7, 11) is 0. The predicted octanol–water partition coefficient (Wildman–Crippen LogP) is -1.79. The van der Waals surface area contributed by atoms with Gasteiger partial charge < -0.3 is 22.1 Å². The summed E-state index contributed by atoms with van der Waals surface area (Å²) in [5.74, 6) is 0.177. The molecule has 0 bridgehead atoms. The van der Waals surface area contributed by atoms with Crippen LogP contribution in [-0.4, -0.2) is 61.8 Å². The zero-order chi connectivity index (χ0) is 20.5. The van der Waals surface area contributed by atoms with E-state index in [4.69, 9.17) is 11.5 Å². The van der Waals surface area contributed by atoms with Crippen LogP contribution in [0.15, 0.2) is 20.2 Å². The molecule has 0 atom stereocenters. The second kappa shape index (κ2) is 15.1. The molecule has 0 aromatic carbocycles. The molecule has 27 heavy (non-hydrogen) atoms. The zero-order valence-electron chi connectivity index (χ0n) is 16.1. The first-order valence-electron chi connectivity index (χ1n) is 8.49. The number of amides is 2. The predicted molar refractivity (Wildman–Crippen MR) is 107 cm³/mol. The van der Waals surface area contributed by atoms with E-state index in [0.29, 0.717) is 44.7 Å². The van der Waals surface area contributed by atoms with Gasteiger partial charge in [-0.05, 0) is 19.8 Å². The second-order valence-corrected chi connectivity index (χ2v) is 5.44. The maximum absolute atomic E-state index is 10.7. The molecule has 8 N–H and O–H groups in total. The Kier molecular flexibility index (Phi) is 13.3. The third-order valence-corrected chi connectivity index (χ3v) is 2.76. The number of aliphatic imine (C=N–C) groups is 2. The highest BCUT2D eigenvalue weighted by Crippen LogP contribution is 1.81. The van der Waals surface area contributed by atoms with E-state index >= 15 is 0 Å². The highest BCUT2D eigenvalue weighted by molar-refractivity contribution is 6.29. The van der Waals surface area contributed by atoms with Gasteiger partial charge in [-0.2, -0.15) is 10.2 Å². The van der Waals surface area contributed by atoms with Crippen LogP contribution in [0.4, 0.5) is 0 Å². The lowest BCUT2D eigenvalue weighted by atomic mass is 10.4. The monoisotopic (exact) mass is 382 g/mol. The molecule has 0 saturated heterocycles. The maximum Gasteiger partial charge on any atom is 0.216 e. The summed E-state index contributed by atoms with van der Waals surface area (Å²) in [5, 5.41) is 13.2. The van der Waals surface area contributed by atoms with Crippen molar-refractivity contribution in [2.24, 2.45) is 31.7 Å². The fourth-order valence-corrected chi connectivity index (χ4v) is 1.52. The Balaban J connectivity index is 4.03. The molecule has 0 fully saturated rings. The van der Waals surface area contributed by atoms with E-state index in [9.17, 15) is 9.59 Å². The molecular weight excluding hydrogens is 352 g/mol. The van der Waals surface area contributed by atoms with Gasteiger partial charge in [0, 0.05) is 40.0 Å². The van der Waals surface area contributed by atoms with Crippen molar-refractivity contribution in [1.82, 2.24) is 21.5 Å². The van der Waals surface area contributed by atoms with Gasteiger partial charge in [0.25, 0.3) is 0 Å². The van der Waals surface area contributed by atoms with Gasteiger partial charge in [-0.3, -0.25) is 19.6 Å². The molecule has 0 saturated carbocycles. The van der Waals surface area contributed by atoms with Gasteiger partial charge in [0.1, 0.15) is 0 Å². The Morgan fingerprint density at radius 3 is 1.81 bits per heavy atom. The zero-order valence-corrected chi connectivity index (χ0v) is 16.1.